The van der Waals surface area contributed by atoms with E-state index in [-0.39, 0.29) is 18.9 Å². The number of hydrogen-bond acceptors (Lipinski definition) is 1. The molecule has 0 amide bonds. The Morgan fingerprint density at radius 2 is 2.27 bits per heavy atom. The van der Waals surface area contributed by atoms with E-state index in [1.165, 1.54) is 0 Å². The number of halogens is 3. The molecule has 4 heteroatoms. The molecule has 1 saturated heterocycles. The average Bonchev–Trinajstić information content (AvgIpc) is 1.86. The highest BCUT2D eigenvalue weighted by molar-refractivity contribution is 14.1. The second-order valence-corrected chi connectivity index (χ2v) is 3.77. The first-order valence-electron chi connectivity index (χ1n) is 3.73. The first kappa shape index (κ1) is 9.64. The molecule has 0 saturated carbocycles. The summed E-state index contributed by atoms with van der Waals surface area (Å²) < 4.78 is 26.3. The molecule has 0 aromatic rings. The third kappa shape index (κ3) is 2.50. The molecule has 0 aromatic carbocycles. The summed E-state index contributed by atoms with van der Waals surface area (Å²) in [6, 6.07) is 0.0376. The molecule has 1 unspecified atom stereocenters. The van der Waals surface area contributed by atoms with Crippen LogP contribution >= 0.6 is 22.6 Å². The summed E-state index contributed by atoms with van der Waals surface area (Å²) in [6.07, 6.45) is 0.0519. The van der Waals surface area contributed by atoms with Crippen molar-refractivity contribution in [2.45, 2.75) is 31.7 Å². The maximum Gasteiger partial charge on any atom is 0.250 e. The second kappa shape index (κ2) is 3.51. The van der Waals surface area contributed by atoms with Crippen molar-refractivity contribution in [2.24, 2.45) is 0 Å². The number of nitrogens with zero attached hydrogens (tertiary/aromatic N) is 1. The zero-order chi connectivity index (χ0) is 8.48. The van der Waals surface area contributed by atoms with E-state index in [0.717, 1.165) is 4.55 Å². The molecule has 0 radical (unpaired) electrons. The third-order valence-electron chi connectivity index (χ3n) is 2.14. The summed E-state index contributed by atoms with van der Waals surface area (Å²) in [6.45, 7) is 2.41. The Balaban J connectivity index is 2.48. The normalized spacial score (nSPS) is 32.2. The Bertz CT molecular complexity index is 140. The van der Waals surface area contributed by atoms with E-state index in [0.29, 0.717) is 6.54 Å². The van der Waals surface area contributed by atoms with Gasteiger partial charge in [-0.3, -0.25) is 4.90 Å². The van der Waals surface area contributed by atoms with E-state index in [1.54, 1.807) is 0 Å². The molecule has 0 bridgehead atoms. The maximum atomic E-state index is 12.7. The van der Waals surface area contributed by atoms with E-state index in [4.69, 9.17) is 0 Å². The van der Waals surface area contributed by atoms with Crippen LogP contribution in [0.25, 0.3) is 0 Å². The zero-order valence-corrected chi connectivity index (χ0v) is 8.64. The molecule has 0 N–H and O–H groups in total. The molecule has 66 valence electrons. The first-order chi connectivity index (χ1) is 5.05. The standard InChI is InChI=1S/C7H12F2IN/c1-6-4-7(8,9)2-3-11(6)5-10/h6H,2-5H2,1H3. The summed E-state index contributed by atoms with van der Waals surface area (Å²) in [7, 11) is 0. The topological polar surface area (TPSA) is 3.24 Å². The van der Waals surface area contributed by atoms with Gasteiger partial charge in [-0.1, -0.05) is 22.6 Å². The lowest BCUT2D eigenvalue weighted by Gasteiger charge is -2.36. The van der Waals surface area contributed by atoms with Gasteiger partial charge >= 0.3 is 0 Å². The third-order valence-corrected chi connectivity index (χ3v) is 3.01. The molecule has 0 aliphatic carbocycles. The number of piperidine rings is 1. The van der Waals surface area contributed by atoms with Crippen LogP contribution in [0.15, 0.2) is 0 Å². The van der Waals surface area contributed by atoms with Crippen LogP contribution in [0.5, 0.6) is 0 Å². The van der Waals surface area contributed by atoms with Crippen molar-refractivity contribution in [1.82, 2.24) is 4.90 Å². The van der Waals surface area contributed by atoms with Crippen molar-refractivity contribution in [2.75, 3.05) is 11.1 Å². The average molecular weight is 275 g/mol. The van der Waals surface area contributed by atoms with Crippen molar-refractivity contribution in [3.05, 3.63) is 0 Å². The minimum Gasteiger partial charge on any atom is -0.291 e. The Hall–Kier alpha value is 0.550. The molecular weight excluding hydrogens is 263 g/mol. The quantitative estimate of drug-likeness (QED) is 0.404. The maximum absolute atomic E-state index is 12.7. The minimum atomic E-state index is -2.41. The molecular formula is C7H12F2IN. The van der Waals surface area contributed by atoms with E-state index >= 15 is 0 Å². The summed E-state index contributed by atoms with van der Waals surface area (Å²) in [5.41, 5.74) is 0. The van der Waals surface area contributed by atoms with Gasteiger partial charge in [0.05, 0.1) is 4.55 Å². The molecule has 1 nitrogen and oxygen atoms in total. The van der Waals surface area contributed by atoms with Gasteiger partial charge in [0.25, 0.3) is 5.92 Å². The molecule has 1 fully saturated rings. The van der Waals surface area contributed by atoms with Gasteiger partial charge in [-0.25, -0.2) is 8.78 Å². The fraction of sp³-hybridized carbons (Fsp3) is 1.00. The Kier molecular flexibility index (Phi) is 3.08. The lowest BCUT2D eigenvalue weighted by atomic mass is 10.0. The van der Waals surface area contributed by atoms with Crippen LogP contribution in [-0.2, 0) is 0 Å². The predicted octanol–water partition coefficient (Wildman–Crippen LogP) is 2.50. The zero-order valence-electron chi connectivity index (χ0n) is 6.49. The van der Waals surface area contributed by atoms with Crippen LogP contribution in [-0.4, -0.2) is 28.0 Å². The van der Waals surface area contributed by atoms with E-state index < -0.39 is 5.92 Å². The fourth-order valence-electron chi connectivity index (χ4n) is 1.37. The van der Waals surface area contributed by atoms with E-state index in [2.05, 4.69) is 27.5 Å². The number of hydrogen-bond donors (Lipinski definition) is 0. The highest BCUT2D eigenvalue weighted by Gasteiger charge is 2.37. The Morgan fingerprint density at radius 3 is 2.73 bits per heavy atom. The molecule has 1 aliphatic heterocycles. The Labute approximate surface area is 79.3 Å². The fourth-order valence-corrected chi connectivity index (χ4v) is 2.38. The van der Waals surface area contributed by atoms with Crippen molar-refractivity contribution in [3.8, 4) is 0 Å². The van der Waals surface area contributed by atoms with Gasteiger partial charge in [-0.05, 0) is 6.92 Å². The predicted molar refractivity (Wildman–Crippen MR) is 49.2 cm³/mol. The Morgan fingerprint density at radius 1 is 1.64 bits per heavy atom. The van der Waals surface area contributed by atoms with Gasteiger partial charge in [0.15, 0.2) is 0 Å². The largest absolute Gasteiger partial charge is 0.291 e. The number of rotatable bonds is 1. The summed E-state index contributed by atoms with van der Waals surface area (Å²) in [5, 5.41) is 0. The van der Waals surface area contributed by atoms with Gasteiger partial charge in [0.2, 0.25) is 0 Å². The lowest BCUT2D eigenvalue weighted by Crippen LogP contribution is -2.44. The van der Waals surface area contributed by atoms with Crippen LogP contribution in [0.3, 0.4) is 0 Å². The minimum absolute atomic E-state index is 0.0238. The SMILES string of the molecule is CC1CC(F)(F)CCN1CI. The van der Waals surface area contributed by atoms with Crippen LogP contribution in [0.4, 0.5) is 8.78 Å². The van der Waals surface area contributed by atoms with Gasteiger partial charge < -0.3 is 0 Å². The number of likely N-dealkylation sites (tertiary alicyclic amines) is 1. The molecule has 0 aromatic heterocycles. The van der Waals surface area contributed by atoms with Crippen molar-refractivity contribution in [1.29, 1.82) is 0 Å². The van der Waals surface area contributed by atoms with Gasteiger partial charge in [-0.2, -0.15) is 0 Å². The highest BCUT2D eigenvalue weighted by Crippen LogP contribution is 2.31. The molecule has 1 rings (SSSR count). The van der Waals surface area contributed by atoms with Crippen molar-refractivity contribution in [3.63, 3.8) is 0 Å². The van der Waals surface area contributed by atoms with Gasteiger partial charge in [0.1, 0.15) is 0 Å². The van der Waals surface area contributed by atoms with Crippen molar-refractivity contribution >= 4 is 22.6 Å². The van der Waals surface area contributed by atoms with Crippen LogP contribution in [0, 0.1) is 0 Å². The van der Waals surface area contributed by atoms with Gasteiger partial charge in [0, 0.05) is 25.4 Å². The highest BCUT2D eigenvalue weighted by atomic mass is 127. The van der Waals surface area contributed by atoms with E-state index in [9.17, 15) is 8.78 Å². The monoisotopic (exact) mass is 275 g/mol. The molecule has 0 spiro atoms. The van der Waals surface area contributed by atoms with Crippen LogP contribution in [0.1, 0.15) is 19.8 Å². The second-order valence-electron chi connectivity index (χ2n) is 3.09. The van der Waals surface area contributed by atoms with Crippen LogP contribution < -0.4 is 0 Å². The van der Waals surface area contributed by atoms with Gasteiger partial charge in [-0.15, -0.1) is 0 Å². The molecule has 1 atom stereocenters. The summed E-state index contributed by atoms with van der Waals surface area (Å²) in [4.78, 5) is 2.08. The summed E-state index contributed by atoms with van der Waals surface area (Å²) in [5.74, 6) is -2.41. The summed E-state index contributed by atoms with van der Waals surface area (Å²) >= 11 is 2.21. The number of alkyl halides is 3. The van der Waals surface area contributed by atoms with E-state index in [1.807, 2.05) is 6.92 Å². The molecule has 1 aliphatic rings. The lowest BCUT2D eigenvalue weighted by molar-refractivity contribution is -0.0693. The van der Waals surface area contributed by atoms with Crippen molar-refractivity contribution < 1.29 is 8.78 Å². The smallest absolute Gasteiger partial charge is 0.250 e. The van der Waals surface area contributed by atoms with Crippen LogP contribution in [0.2, 0.25) is 0 Å². The molecule has 1 heterocycles. The molecule has 11 heavy (non-hydrogen) atoms. The first-order valence-corrected chi connectivity index (χ1v) is 5.25.